The number of nitrogens with zero attached hydrogens (tertiary/aromatic N) is 1. The Kier molecular flexibility index (Phi) is 2.98. The molecule has 1 aliphatic heterocycles. The summed E-state index contributed by atoms with van der Waals surface area (Å²) in [6.07, 6.45) is 1.75. The van der Waals surface area contributed by atoms with Gasteiger partial charge in [-0.15, -0.1) is 11.8 Å². The van der Waals surface area contributed by atoms with Crippen molar-refractivity contribution in [2.45, 2.75) is 5.44 Å². The molecule has 1 unspecified atom stereocenters. The topological polar surface area (TPSA) is 49.8 Å². The van der Waals surface area contributed by atoms with Gasteiger partial charge in [0.2, 0.25) is 0 Å². The second kappa shape index (κ2) is 3.80. The van der Waals surface area contributed by atoms with Crippen molar-refractivity contribution in [3.63, 3.8) is 0 Å². The van der Waals surface area contributed by atoms with Crippen molar-refractivity contribution in [3.05, 3.63) is 0 Å². The van der Waals surface area contributed by atoms with E-state index >= 15 is 0 Å². The molecule has 5 heteroatoms. The van der Waals surface area contributed by atoms with Gasteiger partial charge in [-0.1, -0.05) is 0 Å². The number of amides is 1. The summed E-state index contributed by atoms with van der Waals surface area (Å²) < 4.78 is 0. The third-order valence-electron chi connectivity index (χ3n) is 1.28. The fourth-order valence-electron chi connectivity index (χ4n) is 0.765. The Morgan fingerprint density at radius 1 is 1.80 bits per heavy atom. The second-order valence-corrected chi connectivity index (χ2v) is 3.21. The van der Waals surface area contributed by atoms with Gasteiger partial charge in [0.15, 0.2) is 5.44 Å². The molecule has 10 heavy (non-hydrogen) atoms. The van der Waals surface area contributed by atoms with E-state index in [1.807, 2.05) is 0 Å². The lowest BCUT2D eigenvalue weighted by Gasteiger charge is -2.25. The lowest BCUT2D eigenvalue weighted by atomic mass is 10.5. The van der Waals surface area contributed by atoms with E-state index in [1.54, 1.807) is 6.41 Å². The SMILES string of the molecule is O=[C]N1CCSC(OO)C1. The highest BCUT2D eigenvalue weighted by Gasteiger charge is 2.19. The first-order valence-electron chi connectivity index (χ1n) is 2.91. The second-order valence-electron chi connectivity index (χ2n) is 1.94. The lowest BCUT2D eigenvalue weighted by Crippen LogP contribution is -2.37. The zero-order valence-corrected chi connectivity index (χ0v) is 6.13. The molecule has 1 N–H and O–H groups in total. The molecular weight excluding hydrogens is 154 g/mol. The molecule has 0 spiro atoms. The zero-order chi connectivity index (χ0) is 7.40. The Bertz CT molecular complexity index is 121. The molecule has 1 fully saturated rings. The maximum absolute atomic E-state index is 10.1. The average Bonchev–Trinajstić information content (AvgIpc) is 2.05. The first kappa shape index (κ1) is 7.84. The summed E-state index contributed by atoms with van der Waals surface area (Å²) in [5, 5.41) is 8.23. The number of rotatable bonds is 2. The Labute approximate surface area is 63.1 Å². The molecule has 1 aliphatic rings. The highest BCUT2D eigenvalue weighted by Crippen LogP contribution is 2.17. The van der Waals surface area contributed by atoms with E-state index in [0.29, 0.717) is 13.1 Å². The minimum absolute atomic E-state index is 0.296. The highest BCUT2D eigenvalue weighted by molar-refractivity contribution is 7.99. The van der Waals surface area contributed by atoms with Crippen LogP contribution in [0, 0.1) is 0 Å². The van der Waals surface area contributed by atoms with E-state index in [4.69, 9.17) is 5.26 Å². The first-order chi connectivity index (χ1) is 4.86. The van der Waals surface area contributed by atoms with Crippen LogP contribution in [0.5, 0.6) is 0 Å². The standard InChI is InChI=1S/C5H8NO3S/c7-4-6-1-2-10-5(3-6)9-8/h5,8H,1-3H2. The maximum atomic E-state index is 10.1. The number of thioether (sulfide) groups is 1. The minimum atomic E-state index is -0.296. The summed E-state index contributed by atoms with van der Waals surface area (Å²) in [6.45, 7) is 1.11. The fraction of sp³-hybridized carbons (Fsp3) is 0.800. The first-order valence-corrected chi connectivity index (χ1v) is 3.96. The molecular formula is C5H8NO3S. The summed E-state index contributed by atoms with van der Waals surface area (Å²) in [7, 11) is 0. The molecule has 1 saturated heterocycles. The van der Waals surface area contributed by atoms with Crippen LogP contribution in [0.3, 0.4) is 0 Å². The smallest absolute Gasteiger partial charge is 0.312 e. The molecule has 57 valence electrons. The number of hydrogen-bond donors (Lipinski definition) is 1. The van der Waals surface area contributed by atoms with Gasteiger partial charge in [-0.05, 0) is 0 Å². The lowest BCUT2D eigenvalue weighted by molar-refractivity contribution is -0.255. The van der Waals surface area contributed by atoms with Crippen LogP contribution >= 0.6 is 11.8 Å². The van der Waals surface area contributed by atoms with E-state index in [0.717, 1.165) is 5.75 Å². The average molecular weight is 162 g/mol. The maximum Gasteiger partial charge on any atom is 0.312 e. The normalized spacial score (nSPS) is 26.5. The molecule has 1 amide bonds. The van der Waals surface area contributed by atoms with Crippen molar-refractivity contribution in [1.82, 2.24) is 4.90 Å². The van der Waals surface area contributed by atoms with Crippen LogP contribution in [-0.4, -0.2) is 40.8 Å². The summed E-state index contributed by atoms with van der Waals surface area (Å²) in [6, 6.07) is 0. The molecule has 0 aromatic heterocycles. The molecule has 1 radical (unpaired) electrons. The highest BCUT2D eigenvalue weighted by atomic mass is 32.2. The minimum Gasteiger partial charge on any atom is -0.330 e. The Morgan fingerprint density at radius 3 is 3.20 bits per heavy atom. The van der Waals surface area contributed by atoms with Crippen LogP contribution in [0.2, 0.25) is 0 Å². The van der Waals surface area contributed by atoms with E-state index in [1.165, 1.54) is 16.7 Å². The predicted octanol–water partition coefficient (Wildman–Crippen LogP) is -0.0819. The molecule has 0 aliphatic carbocycles. The van der Waals surface area contributed by atoms with Gasteiger partial charge < -0.3 is 4.90 Å². The molecule has 0 saturated carbocycles. The summed E-state index contributed by atoms with van der Waals surface area (Å²) in [4.78, 5) is 15.6. The largest absolute Gasteiger partial charge is 0.330 e. The summed E-state index contributed by atoms with van der Waals surface area (Å²) in [5.41, 5.74) is -0.296. The van der Waals surface area contributed by atoms with Crippen LogP contribution < -0.4 is 0 Å². The zero-order valence-electron chi connectivity index (χ0n) is 5.32. The number of carbonyl (C=O) groups excluding carboxylic acids is 1. The van der Waals surface area contributed by atoms with Crippen molar-refractivity contribution in [2.24, 2.45) is 0 Å². The Morgan fingerprint density at radius 2 is 2.60 bits per heavy atom. The van der Waals surface area contributed by atoms with Crippen LogP contribution in [0.15, 0.2) is 0 Å². The van der Waals surface area contributed by atoms with Crippen molar-refractivity contribution >= 4 is 18.2 Å². The number of hydrogen-bond acceptors (Lipinski definition) is 4. The van der Waals surface area contributed by atoms with Gasteiger partial charge in [0.1, 0.15) is 0 Å². The fourth-order valence-corrected chi connectivity index (χ4v) is 1.70. The molecule has 0 bridgehead atoms. The van der Waals surface area contributed by atoms with E-state index in [9.17, 15) is 4.79 Å². The van der Waals surface area contributed by atoms with Crippen LogP contribution in [0.1, 0.15) is 0 Å². The van der Waals surface area contributed by atoms with Gasteiger partial charge in [0.25, 0.3) is 0 Å². The van der Waals surface area contributed by atoms with Crippen molar-refractivity contribution < 1.29 is 14.9 Å². The summed E-state index contributed by atoms with van der Waals surface area (Å²) >= 11 is 1.49. The predicted molar refractivity (Wildman–Crippen MR) is 37.2 cm³/mol. The van der Waals surface area contributed by atoms with Crippen molar-refractivity contribution in [2.75, 3.05) is 18.8 Å². The van der Waals surface area contributed by atoms with E-state index in [2.05, 4.69) is 4.89 Å². The van der Waals surface area contributed by atoms with Crippen LogP contribution in [0.4, 0.5) is 0 Å². The van der Waals surface area contributed by atoms with Gasteiger partial charge >= 0.3 is 6.41 Å². The Balaban J connectivity index is 2.31. The molecule has 0 aromatic carbocycles. The van der Waals surface area contributed by atoms with Gasteiger partial charge in [-0.2, -0.15) is 0 Å². The molecule has 0 aromatic rings. The molecule has 1 atom stereocenters. The quantitative estimate of drug-likeness (QED) is 0.455. The van der Waals surface area contributed by atoms with Crippen LogP contribution in [-0.2, 0) is 9.68 Å². The van der Waals surface area contributed by atoms with Crippen molar-refractivity contribution in [3.8, 4) is 0 Å². The third-order valence-corrected chi connectivity index (χ3v) is 2.31. The molecule has 1 heterocycles. The van der Waals surface area contributed by atoms with Gasteiger partial charge in [0, 0.05) is 12.3 Å². The van der Waals surface area contributed by atoms with E-state index < -0.39 is 0 Å². The van der Waals surface area contributed by atoms with Crippen LogP contribution in [0.25, 0.3) is 0 Å². The van der Waals surface area contributed by atoms with Gasteiger partial charge in [-0.3, -0.25) is 10.1 Å². The van der Waals surface area contributed by atoms with E-state index in [-0.39, 0.29) is 5.44 Å². The third kappa shape index (κ3) is 1.86. The molecule has 4 nitrogen and oxygen atoms in total. The van der Waals surface area contributed by atoms with Crippen molar-refractivity contribution in [1.29, 1.82) is 0 Å². The monoisotopic (exact) mass is 162 g/mol. The Hall–Kier alpha value is -0.260. The molecule has 1 rings (SSSR count). The van der Waals surface area contributed by atoms with Gasteiger partial charge in [-0.25, -0.2) is 4.89 Å². The van der Waals surface area contributed by atoms with Gasteiger partial charge in [0.05, 0.1) is 6.54 Å². The summed E-state index contributed by atoms with van der Waals surface area (Å²) in [5.74, 6) is 0.792.